The van der Waals surface area contributed by atoms with Crippen molar-refractivity contribution in [1.82, 2.24) is 10.2 Å². The fraction of sp³-hybridized carbons (Fsp3) is 0.520. The van der Waals surface area contributed by atoms with Crippen molar-refractivity contribution in [1.29, 1.82) is 0 Å². The zero-order chi connectivity index (χ0) is 20.5. The summed E-state index contributed by atoms with van der Waals surface area (Å²) in [5.41, 5.74) is 1.96. The second kappa shape index (κ2) is 11.0. The van der Waals surface area contributed by atoms with Crippen molar-refractivity contribution in [2.24, 2.45) is 5.92 Å². The van der Waals surface area contributed by atoms with E-state index >= 15 is 0 Å². The molecule has 0 radical (unpaired) electrons. The molecule has 0 spiro atoms. The van der Waals surface area contributed by atoms with E-state index in [9.17, 15) is 9.59 Å². The van der Waals surface area contributed by atoms with Gasteiger partial charge in [0.2, 0.25) is 5.91 Å². The van der Waals surface area contributed by atoms with Crippen molar-refractivity contribution in [2.45, 2.75) is 50.9 Å². The molecule has 0 aromatic heterocycles. The fourth-order valence-corrected chi connectivity index (χ4v) is 4.38. The molecule has 1 aliphatic heterocycles. The predicted octanol–water partition coefficient (Wildman–Crippen LogP) is 3.93. The molecule has 4 heteroatoms. The second-order valence-corrected chi connectivity index (χ2v) is 8.32. The summed E-state index contributed by atoms with van der Waals surface area (Å²) in [6.07, 6.45) is 16.6. The highest BCUT2D eigenvalue weighted by atomic mass is 16.1. The Hall–Kier alpha value is -2.38. The van der Waals surface area contributed by atoms with Gasteiger partial charge in [-0.25, -0.2) is 0 Å². The van der Waals surface area contributed by atoms with Gasteiger partial charge in [-0.2, -0.15) is 0 Å². The lowest BCUT2D eigenvalue weighted by Gasteiger charge is -2.30. The van der Waals surface area contributed by atoms with E-state index in [0.29, 0.717) is 30.5 Å². The Morgan fingerprint density at radius 3 is 2.38 bits per heavy atom. The Bertz CT molecular complexity index is 746. The summed E-state index contributed by atoms with van der Waals surface area (Å²) in [5, 5.41) is 2.92. The molecule has 3 rings (SSSR count). The standard InChI is InChI=1S/C25H32N2O2/c1-2-16-27-17-14-20(15-18-27)19-26-25(29)13-12-24(28)23-10-8-22(9-11-23)21-6-4-3-5-7-21/h1,8-13,20-21H,3-7,14-19H2,(H,26,29)/b13-12+. The Morgan fingerprint density at radius 2 is 1.72 bits per heavy atom. The van der Waals surface area contributed by atoms with Gasteiger partial charge in [0.05, 0.1) is 6.54 Å². The summed E-state index contributed by atoms with van der Waals surface area (Å²) >= 11 is 0. The largest absolute Gasteiger partial charge is 0.352 e. The number of terminal acetylenes is 1. The molecule has 0 atom stereocenters. The van der Waals surface area contributed by atoms with Crippen LogP contribution in [0.15, 0.2) is 36.4 Å². The number of nitrogens with zero attached hydrogens (tertiary/aromatic N) is 1. The van der Waals surface area contributed by atoms with Crippen LogP contribution in [0.2, 0.25) is 0 Å². The molecule has 2 aliphatic rings. The van der Waals surface area contributed by atoms with E-state index < -0.39 is 0 Å². The van der Waals surface area contributed by atoms with Crippen molar-refractivity contribution in [3.8, 4) is 12.3 Å². The molecule has 1 saturated carbocycles. The maximum Gasteiger partial charge on any atom is 0.244 e. The number of carbonyl (C=O) groups is 2. The number of likely N-dealkylation sites (tertiary alicyclic amines) is 1. The van der Waals surface area contributed by atoms with Crippen LogP contribution in [0, 0.1) is 18.3 Å². The number of nitrogens with one attached hydrogen (secondary N) is 1. The van der Waals surface area contributed by atoms with Crippen molar-refractivity contribution in [2.75, 3.05) is 26.2 Å². The van der Waals surface area contributed by atoms with Crippen LogP contribution in [-0.2, 0) is 4.79 Å². The number of rotatable bonds is 7. The van der Waals surface area contributed by atoms with Crippen LogP contribution in [0.4, 0.5) is 0 Å². The molecular weight excluding hydrogens is 360 g/mol. The summed E-state index contributed by atoms with van der Waals surface area (Å²) in [7, 11) is 0. The topological polar surface area (TPSA) is 49.4 Å². The van der Waals surface area contributed by atoms with E-state index in [-0.39, 0.29) is 11.7 Å². The third kappa shape index (κ3) is 6.58. The molecule has 1 heterocycles. The van der Waals surface area contributed by atoms with Crippen molar-refractivity contribution in [3.05, 3.63) is 47.5 Å². The Kier molecular flexibility index (Phi) is 8.07. The van der Waals surface area contributed by atoms with E-state index in [4.69, 9.17) is 6.42 Å². The Morgan fingerprint density at radius 1 is 1.03 bits per heavy atom. The molecule has 0 unspecified atom stereocenters. The number of hydrogen-bond donors (Lipinski definition) is 1. The number of amides is 1. The lowest BCUT2D eigenvalue weighted by Crippen LogP contribution is -2.38. The zero-order valence-corrected chi connectivity index (χ0v) is 17.2. The minimum atomic E-state index is -0.205. The number of allylic oxidation sites excluding steroid dienone is 1. The molecule has 4 nitrogen and oxygen atoms in total. The van der Waals surface area contributed by atoms with E-state index in [2.05, 4.69) is 28.3 Å². The molecule has 1 amide bonds. The van der Waals surface area contributed by atoms with E-state index in [1.807, 2.05) is 12.1 Å². The van der Waals surface area contributed by atoms with Gasteiger partial charge in [0.25, 0.3) is 0 Å². The Labute approximate surface area is 174 Å². The van der Waals surface area contributed by atoms with Gasteiger partial charge in [-0.1, -0.05) is 49.4 Å². The van der Waals surface area contributed by atoms with Crippen LogP contribution >= 0.6 is 0 Å². The molecule has 154 valence electrons. The second-order valence-electron chi connectivity index (χ2n) is 8.32. The molecule has 2 fully saturated rings. The highest BCUT2D eigenvalue weighted by Crippen LogP contribution is 2.32. The van der Waals surface area contributed by atoms with Gasteiger partial charge >= 0.3 is 0 Å². The van der Waals surface area contributed by atoms with Crippen LogP contribution < -0.4 is 5.32 Å². The smallest absolute Gasteiger partial charge is 0.244 e. The minimum absolute atomic E-state index is 0.127. The first-order valence-electron chi connectivity index (χ1n) is 10.9. The fourth-order valence-electron chi connectivity index (χ4n) is 4.38. The van der Waals surface area contributed by atoms with Gasteiger partial charge in [0.15, 0.2) is 5.78 Å². The first-order chi connectivity index (χ1) is 14.2. The number of carbonyl (C=O) groups excluding carboxylic acids is 2. The van der Waals surface area contributed by atoms with Crippen molar-refractivity contribution >= 4 is 11.7 Å². The molecule has 29 heavy (non-hydrogen) atoms. The summed E-state index contributed by atoms with van der Waals surface area (Å²) in [4.78, 5) is 26.7. The summed E-state index contributed by atoms with van der Waals surface area (Å²) in [6, 6.07) is 7.92. The maximum absolute atomic E-state index is 12.4. The zero-order valence-electron chi connectivity index (χ0n) is 17.2. The normalized spacial score (nSPS) is 19.1. The number of benzene rings is 1. The molecular formula is C25H32N2O2. The molecule has 1 N–H and O–H groups in total. The van der Waals surface area contributed by atoms with Gasteiger partial charge < -0.3 is 5.32 Å². The number of ketones is 1. The van der Waals surface area contributed by atoms with Gasteiger partial charge in [0, 0.05) is 18.2 Å². The summed E-state index contributed by atoms with van der Waals surface area (Å²) in [5.74, 6) is 3.45. The van der Waals surface area contributed by atoms with Gasteiger partial charge in [0.1, 0.15) is 0 Å². The SMILES string of the molecule is C#CCN1CCC(CNC(=O)/C=C/C(=O)c2ccc(C3CCCCC3)cc2)CC1. The van der Waals surface area contributed by atoms with Crippen LogP contribution in [-0.4, -0.2) is 42.8 Å². The van der Waals surface area contributed by atoms with Crippen LogP contribution in [0.3, 0.4) is 0 Å². The maximum atomic E-state index is 12.4. The molecule has 0 bridgehead atoms. The first kappa shape index (κ1) is 21.3. The van der Waals surface area contributed by atoms with E-state index in [1.54, 1.807) is 0 Å². The van der Waals surface area contributed by atoms with E-state index in [0.717, 1.165) is 25.9 Å². The van der Waals surface area contributed by atoms with E-state index in [1.165, 1.54) is 49.8 Å². The third-order valence-electron chi connectivity index (χ3n) is 6.24. The van der Waals surface area contributed by atoms with Crippen LogP contribution in [0.25, 0.3) is 0 Å². The van der Waals surface area contributed by atoms with Gasteiger partial charge in [-0.3, -0.25) is 14.5 Å². The lowest BCUT2D eigenvalue weighted by molar-refractivity contribution is -0.116. The number of piperidine rings is 1. The quantitative estimate of drug-likeness (QED) is 0.434. The van der Waals surface area contributed by atoms with Crippen LogP contribution in [0.1, 0.15) is 66.8 Å². The molecule has 1 aromatic carbocycles. The van der Waals surface area contributed by atoms with Crippen molar-refractivity contribution in [3.63, 3.8) is 0 Å². The average molecular weight is 393 g/mol. The molecule has 1 aliphatic carbocycles. The average Bonchev–Trinajstić information content (AvgIpc) is 2.78. The van der Waals surface area contributed by atoms with Gasteiger partial charge in [-0.15, -0.1) is 6.42 Å². The summed E-state index contributed by atoms with van der Waals surface area (Å²) < 4.78 is 0. The highest BCUT2D eigenvalue weighted by molar-refractivity contribution is 6.07. The third-order valence-corrected chi connectivity index (χ3v) is 6.24. The Balaban J connectivity index is 1.41. The lowest BCUT2D eigenvalue weighted by atomic mass is 9.84. The molecule has 1 saturated heterocycles. The summed E-state index contributed by atoms with van der Waals surface area (Å²) in [6.45, 7) is 3.31. The monoisotopic (exact) mass is 392 g/mol. The van der Waals surface area contributed by atoms with Crippen LogP contribution in [0.5, 0.6) is 0 Å². The first-order valence-corrected chi connectivity index (χ1v) is 10.9. The highest BCUT2D eigenvalue weighted by Gasteiger charge is 2.19. The number of hydrogen-bond acceptors (Lipinski definition) is 3. The minimum Gasteiger partial charge on any atom is -0.352 e. The predicted molar refractivity (Wildman–Crippen MR) is 117 cm³/mol. The molecule has 1 aromatic rings. The van der Waals surface area contributed by atoms with Crippen molar-refractivity contribution < 1.29 is 9.59 Å². The van der Waals surface area contributed by atoms with Gasteiger partial charge in [-0.05, 0) is 62.2 Å².